The van der Waals surface area contributed by atoms with Gasteiger partial charge < -0.3 is 9.64 Å². The predicted octanol–water partition coefficient (Wildman–Crippen LogP) is 3.92. The Labute approximate surface area is 131 Å². The van der Waals surface area contributed by atoms with Gasteiger partial charge in [0.2, 0.25) is 0 Å². The minimum absolute atomic E-state index is 0.208. The average molecular weight is 311 g/mol. The zero-order valence-electron chi connectivity index (χ0n) is 12.9. The number of pyridine rings is 1. The van der Waals surface area contributed by atoms with Crippen molar-refractivity contribution in [3.05, 3.63) is 29.0 Å². The van der Waals surface area contributed by atoms with Crippen molar-refractivity contribution in [3.8, 4) is 0 Å². The quantitative estimate of drug-likeness (QED) is 0.777. The molecule has 0 saturated carbocycles. The molecule has 0 N–H and O–H groups in total. The lowest BCUT2D eigenvalue weighted by atomic mass is 9.91. The molecule has 1 amide bonds. The van der Waals surface area contributed by atoms with Gasteiger partial charge in [-0.05, 0) is 57.6 Å². The van der Waals surface area contributed by atoms with Crippen LogP contribution in [0.3, 0.4) is 0 Å². The van der Waals surface area contributed by atoms with Crippen LogP contribution in [0.4, 0.5) is 4.79 Å². The van der Waals surface area contributed by atoms with Crippen molar-refractivity contribution in [2.24, 2.45) is 5.92 Å². The van der Waals surface area contributed by atoms with Gasteiger partial charge in [-0.1, -0.05) is 17.7 Å². The Morgan fingerprint density at radius 3 is 2.67 bits per heavy atom. The lowest BCUT2D eigenvalue weighted by molar-refractivity contribution is 0.0184. The number of aromatic nitrogens is 1. The second-order valence-electron chi connectivity index (χ2n) is 6.57. The molecular formula is C16H23ClN2O2. The third-order valence-corrected chi connectivity index (χ3v) is 3.95. The third kappa shape index (κ3) is 4.88. The number of likely N-dealkylation sites (tertiary alicyclic amines) is 1. The van der Waals surface area contributed by atoms with Crippen molar-refractivity contribution in [2.45, 2.75) is 45.6 Å². The summed E-state index contributed by atoms with van der Waals surface area (Å²) in [5.74, 6) is 0.547. The summed E-state index contributed by atoms with van der Waals surface area (Å²) in [5.41, 5.74) is 0.659. The molecule has 0 bridgehead atoms. The van der Waals surface area contributed by atoms with E-state index in [1.807, 2.05) is 32.9 Å². The summed E-state index contributed by atoms with van der Waals surface area (Å²) < 4.78 is 5.41. The maximum Gasteiger partial charge on any atom is 0.410 e. The third-order valence-electron chi connectivity index (χ3n) is 3.61. The zero-order chi connectivity index (χ0) is 15.5. The lowest BCUT2D eigenvalue weighted by Crippen LogP contribution is -2.42. The van der Waals surface area contributed by atoms with Crippen molar-refractivity contribution in [3.63, 3.8) is 0 Å². The highest BCUT2D eigenvalue weighted by Gasteiger charge is 2.27. The molecule has 0 radical (unpaired) electrons. The highest BCUT2D eigenvalue weighted by molar-refractivity contribution is 6.30. The Kier molecular flexibility index (Phi) is 5.09. The highest BCUT2D eigenvalue weighted by Crippen LogP contribution is 2.25. The molecule has 5 heteroatoms. The van der Waals surface area contributed by atoms with E-state index in [-0.39, 0.29) is 6.09 Å². The van der Waals surface area contributed by atoms with Crippen molar-refractivity contribution in [1.82, 2.24) is 9.88 Å². The fourth-order valence-electron chi connectivity index (χ4n) is 2.53. The van der Waals surface area contributed by atoms with E-state index in [1.165, 1.54) is 0 Å². The second kappa shape index (κ2) is 6.65. The molecular weight excluding hydrogens is 288 g/mol. The number of halogens is 1. The van der Waals surface area contributed by atoms with Gasteiger partial charge in [-0.2, -0.15) is 0 Å². The van der Waals surface area contributed by atoms with Crippen molar-refractivity contribution >= 4 is 17.7 Å². The molecule has 0 aromatic carbocycles. The van der Waals surface area contributed by atoms with E-state index < -0.39 is 5.60 Å². The molecule has 0 atom stereocenters. The molecule has 1 aliphatic heterocycles. The van der Waals surface area contributed by atoms with E-state index in [0.29, 0.717) is 11.1 Å². The summed E-state index contributed by atoms with van der Waals surface area (Å²) in [4.78, 5) is 17.9. The number of ether oxygens (including phenoxy) is 1. The van der Waals surface area contributed by atoms with Crippen molar-refractivity contribution < 1.29 is 9.53 Å². The lowest BCUT2D eigenvalue weighted by Gasteiger charge is -2.33. The molecule has 116 valence electrons. The van der Waals surface area contributed by atoms with Crippen LogP contribution in [0.5, 0.6) is 0 Å². The summed E-state index contributed by atoms with van der Waals surface area (Å²) in [6.07, 6.45) is 4.38. The Morgan fingerprint density at radius 2 is 2.10 bits per heavy atom. The van der Waals surface area contributed by atoms with Crippen LogP contribution in [0.15, 0.2) is 18.3 Å². The van der Waals surface area contributed by atoms with Crippen LogP contribution in [-0.4, -0.2) is 34.7 Å². The van der Waals surface area contributed by atoms with Gasteiger partial charge in [0.05, 0.1) is 0 Å². The molecule has 2 heterocycles. The van der Waals surface area contributed by atoms with Crippen LogP contribution < -0.4 is 0 Å². The Morgan fingerprint density at radius 1 is 1.43 bits per heavy atom. The molecule has 2 rings (SSSR count). The number of carbonyl (C=O) groups excluding carboxylic acids is 1. The van der Waals surface area contributed by atoms with Crippen molar-refractivity contribution in [2.75, 3.05) is 13.1 Å². The van der Waals surface area contributed by atoms with Crippen LogP contribution in [0.1, 0.15) is 39.2 Å². The second-order valence-corrected chi connectivity index (χ2v) is 6.93. The zero-order valence-corrected chi connectivity index (χ0v) is 13.7. The molecule has 1 aromatic heterocycles. The number of carbonyl (C=O) groups is 1. The number of nitrogens with zero attached hydrogens (tertiary/aromatic N) is 2. The Bertz CT molecular complexity index is 491. The van der Waals surface area contributed by atoms with Gasteiger partial charge in [0.15, 0.2) is 0 Å². The summed E-state index contributed by atoms with van der Waals surface area (Å²) in [5, 5.41) is 0.590. The van der Waals surface area contributed by atoms with Crippen molar-refractivity contribution in [1.29, 1.82) is 0 Å². The Hall–Kier alpha value is -1.29. The minimum atomic E-state index is -0.433. The van der Waals surface area contributed by atoms with E-state index in [2.05, 4.69) is 4.98 Å². The molecule has 21 heavy (non-hydrogen) atoms. The predicted molar refractivity (Wildman–Crippen MR) is 83.5 cm³/mol. The summed E-state index contributed by atoms with van der Waals surface area (Å²) in [7, 11) is 0. The maximum atomic E-state index is 12.0. The van der Waals surface area contributed by atoms with E-state index in [1.54, 1.807) is 11.1 Å². The van der Waals surface area contributed by atoms with Gasteiger partial charge in [-0.3, -0.25) is 0 Å². The molecule has 1 aliphatic rings. The average Bonchev–Trinajstić information content (AvgIpc) is 2.40. The first-order chi connectivity index (χ1) is 9.85. The number of amides is 1. The molecule has 1 aromatic rings. The van der Waals surface area contributed by atoms with Gasteiger partial charge in [0.1, 0.15) is 10.8 Å². The monoisotopic (exact) mass is 310 g/mol. The van der Waals surface area contributed by atoms with Crippen LogP contribution >= 0.6 is 11.6 Å². The Balaban J connectivity index is 1.83. The fraction of sp³-hybridized carbons (Fsp3) is 0.625. The maximum absolute atomic E-state index is 12.0. The minimum Gasteiger partial charge on any atom is -0.444 e. The first kappa shape index (κ1) is 16.1. The standard InChI is InChI=1S/C16H23ClN2O2/c1-16(2,3)21-15(20)19-9-6-12(7-10-19)11-13-5-4-8-18-14(13)17/h4-5,8,12H,6-7,9-11H2,1-3H3. The SMILES string of the molecule is CC(C)(C)OC(=O)N1CCC(Cc2cccnc2Cl)CC1. The molecule has 1 saturated heterocycles. The van der Waals surface area contributed by atoms with Crippen LogP contribution in [0.2, 0.25) is 5.15 Å². The first-order valence-electron chi connectivity index (χ1n) is 7.42. The number of rotatable bonds is 2. The summed E-state index contributed by atoms with van der Waals surface area (Å²) >= 11 is 6.10. The topological polar surface area (TPSA) is 42.4 Å². The smallest absolute Gasteiger partial charge is 0.410 e. The number of hydrogen-bond acceptors (Lipinski definition) is 3. The molecule has 0 spiro atoms. The molecule has 4 nitrogen and oxygen atoms in total. The van der Waals surface area contributed by atoms with Gasteiger partial charge >= 0.3 is 6.09 Å². The van der Waals surface area contributed by atoms with Gasteiger partial charge in [-0.15, -0.1) is 0 Å². The fourth-order valence-corrected chi connectivity index (χ4v) is 2.73. The normalized spacial score (nSPS) is 16.9. The largest absolute Gasteiger partial charge is 0.444 e. The van der Waals surface area contributed by atoms with Crippen LogP contribution in [-0.2, 0) is 11.2 Å². The van der Waals surface area contributed by atoms with E-state index in [9.17, 15) is 4.79 Å². The van der Waals surface area contributed by atoms with Crippen LogP contribution in [0, 0.1) is 5.92 Å². The summed E-state index contributed by atoms with van der Waals surface area (Å²) in [6, 6.07) is 3.94. The van der Waals surface area contributed by atoms with E-state index in [4.69, 9.17) is 16.3 Å². The molecule has 0 unspecified atom stereocenters. The van der Waals surface area contributed by atoms with E-state index in [0.717, 1.165) is 37.9 Å². The number of hydrogen-bond donors (Lipinski definition) is 0. The van der Waals surface area contributed by atoms with Crippen LogP contribution in [0.25, 0.3) is 0 Å². The molecule has 1 fully saturated rings. The summed E-state index contributed by atoms with van der Waals surface area (Å²) in [6.45, 7) is 7.17. The number of piperidine rings is 1. The van der Waals surface area contributed by atoms with E-state index >= 15 is 0 Å². The molecule has 0 aliphatic carbocycles. The van der Waals surface area contributed by atoms with Gasteiger partial charge in [0.25, 0.3) is 0 Å². The highest BCUT2D eigenvalue weighted by atomic mass is 35.5. The van der Waals surface area contributed by atoms with Gasteiger partial charge in [0, 0.05) is 19.3 Å². The van der Waals surface area contributed by atoms with Gasteiger partial charge in [-0.25, -0.2) is 9.78 Å². The first-order valence-corrected chi connectivity index (χ1v) is 7.80.